The van der Waals surface area contributed by atoms with Gasteiger partial charge < -0.3 is 9.80 Å². The van der Waals surface area contributed by atoms with Gasteiger partial charge in [0.2, 0.25) is 0 Å². The van der Waals surface area contributed by atoms with Crippen molar-refractivity contribution in [1.82, 2.24) is 18.9 Å². The topological polar surface area (TPSA) is 16.3 Å². The van der Waals surface area contributed by atoms with Crippen molar-refractivity contribution in [3.8, 4) is 0 Å². The monoisotopic (exact) mass is 719 g/mol. The molecule has 5 heteroatoms. The molecule has 224 valence electrons. The normalized spacial score (nSPS) is 35.9. The van der Waals surface area contributed by atoms with Gasteiger partial charge in [-0.2, -0.15) is 6.67 Å². The van der Waals surface area contributed by atoms with Gasteiger partial charge >= 0.3 is 22.4 Å². The predicted molar refractivity (Wildman–Crippen MR) is 160 cm³/mol. The number of rotatable bonds is 8. The summed E-state index contributed by atoms with van der Waals surface area (Å²) in [7, 11) is 0. The molecule has 4 saturated carbocycles. The minimum Gasteiger partial charge on any atom is -0.508 e. The van der Waals surface area contributed by atoms with Crippen LogP contribution in [-0.2, 0) is 35.5 Å². The summed E-state index contributed by atoms with van der Waals surface area (Å²) in [5, 5.41) is 0. The summed E-state index contributed by atoms with van der Waals surface area (Å²) in [6, 6.07) is 0. The van der Waals surface area contributed by atoms with Crippen LogP contribution >= 0.6 is 0 Å². The molecule has 0 spiro atoms. The molecule has 1 aliphatic heterocycles. The van der Waals surface area contributed by atoms with E-state index in [1.54, 1.807) is 0 Å². The van der Waals surface area contributed by atoms with E-state index < -0.39 is 0 Å². The molecule has 4 nitrogen and oxygen atoms in total. The molecule has 0 N–H and O–H groups in total. The number of hydrogen-bond acceptors (Lipinski definition) is 2. The Hall–Kier alpha value is -0.710. The van der Waals surface area contributed by atoms with E-state index in [0.29, 0.717) is 0 Å². The van der Waals surface area contributed by atoms with Crippen LogP contribution in [0.15, 0.2) is 31.1 Å². The summed E-state index contributed by atoms with van der Waals surface area (Å²) in [6.07, 6.45) is 28.6. The Kier molecular flexibility index (Phi) is 12.0. The summed E-state index contributed by atoms with van der Waals surface area (Å²) in [4.78, 5) is 4.84. The third kappa shape index (κ3) is 9.67. The number of nitrogens with zero attached hydrogens (tertiary/aromatic N) is 4. The SMILES string of the molecule is CC1CCC(CN2C=CN(CC3CCC(C)C3)[CH-]2)C1.CC1CCC(Cn2ccn(CC3CCC(C)C3)[cH+]2)C1.[Au+]. The van der Waals surface area contributed by atoms with Crippen LogP contribution < -0.4 is 0 Å². The van der Waals surface area contributed by atoms with E-state index in [1.807, 2.05) is 0 Å². The largest absolute Gasteiger partial charge is 1.00 e. The Labute approximate surface area is 256 Å². The minimum absolute atomic E-state index is 0. The van der Waals surface area contributed by atoms with E-state index in [4.69, 9.17) is 0 Å². The van der Waals surface area contributed by atoms with Gasteiger partial charge in [-0.05, 0) is 124 Å². The van der Waals surface area contributed by atoms with Crippen molar-refractivity contribution in [3.05, 3.63) is 37.8 Å². The van der Waals surface area contributed by atoms with E-state index in [-0.39, 0.29) is 22.4 Å². The fourth-order valence-corrected chi connectivity index (χ4v) is 8.47. The molecule has 4 fully saturated rings. The maximum Gasteiger partial charge on any atom is 1.00 e. The van der Waals surface area contributed by atoms with E-state index in [2.05, 4.69) is 84.4 Å². The standard InChI is InChI=1S/2C17H29N2.Au/c2*1-14-3-5-16(9-14)11-18-7-8-19(13-18)12-17-6-4-15(2)10-17;/h2*7-8,13-17H,3-6,9-12H2,1-2H3;/q-1;2*+1. The van der Waals surface area contributed by atoms with Gasteiger partial charge in [0.25, 0.3) is 0 Å². The van der Waals surface area contributed by atoms with E-state index in [9.17, 15) is 0 Å². The van der Waals surface area contributed by atoms with Gasteiger partial charge in [-0.25, -0.2) is 9.13 Å². The Morgan fingerprint density at radius 3 is 1.18 bits per heavy atom. The fraction of sp³-hybridized carbons (Fsp3) is 0.824. The number of imidazole rings is 1. The smallest absolute Gasteiger partial charge is 0.508 e. The average Bonchev–Trinajstić information content (AvgIpc) is 3.70. The van der Waals surface area contributed by atoms with Crippen molar-refractivity contribution in [3.63, 3.8) is 0 Å². The number of hydrogen-bond donors (Lipinski definition) is 0. The Bertz CT molecular complexity index is 816. The zero-order valence-corrected chi connectivity index (χ0v) is 27.7. The van der Waals surface area contributed by atoms with Gasteiger partial charge in [-0.1, -0.05) is 53.4 Å². The Morgan fingerprint density at radius 2 is 0.872 bits per heavy atom. The van der Waals surface area contributed by atoms with Crippen molar-refractivity contribution < 1.29 is 22.4 Å². The van der Waals surface area contributed by atoms with Crippen molar-refractivity contribution in [2.45, 2.75) is 118 Å². The van der Waals surface area contributed by atoms with Crippen molar-refractivity contribution >= 4 is 0 Å². The fourth-order valence-electron chi connectivity index (χ4n) is 8.47. The zero-order valence-electron chi connectivity index (χ0n) is 25.5. The third-order valence-electron chi connectivity index (χ3n) is 10.6. The summed E-state index contributed by atoms with van der Waals surface area (Å²) in [6.45, 7) is 16.9. The summed E-state index contributed by atoms with van der Waals surface area (Å²) < 4.78 is 4.84. The first kappa shape index (κ1) is 31.2. The van der Waals surface area contributed by atoms with E-state index in [1.165, 1.54) is 103 Å². The molecule has 0 amide bonds. The third-order valence-corrected chi connectivity index (χ3v) is 10.6. The Morgan fingerprint density at radius 1 is 0.538 bits per heavy atom. The molecule has 1 aromatic heterocycles. The van der Waals surface area contributed by atoms with Crippen LogP contribution in [0.3, 0.4) is 0 Å². The maximum absolute atomic E-state index is 2.42. The summed E-state index contributed by atoms with van der Waals surface area (Å²) >= 11 is 0. The molecule has 0 saturated heterocycles. The minimum atomic E-state index is 0. The molecule has 2 heterocycles. The first-order valence-electron chi connectivity index (χ1n) is 16.5. The molecule has 0 bridgehead atoms. The Balaban J connectivity index is 0.000000176. The van der Waals surface area contributed by atoms with Crippen molar-refractivity contribution in [1.29, 1.82) is 0 Å². The molecule has 8 unspecified atom stereocenters. The van der Waals surface area contributed by atoms with Gasteiger partial charge in [-0.3, -0.25) is 0 Å². The summed E-state index contributed by atoms with van der Waals surface area (Å²) in [5.41, 5.74) is 0. The molecule has 5 aliphatic rings. The van der Waals surface area contributed by atoms with Crippen LogP contribution in [0.25, 0.3) is 0 Å². The van der Waals surface area contributed by atoms with Crippen LogP contribution in [-0.4, -0.2) is 32.0 Å². The maximum atomic E-state index is 2.42. The van der Waals surface area contributed by atoms with E-state index >= 15 is 0 Å². The quantitative estimate of drug-likeness (QED) is 0.198. The second-order valence-electron chi connectivity index (χ2n) is 14.8. The molecule has 1 aromatic rings. The van der Waals surface area contributed by atoms with Gasteiger partial charge in [0.05, 0.1) is 13.1 Å². The van der Waals surface area contributed by atoms with Crippen molar-refractivity contribution in [2.24, 2.45) is 47.3 Å². The van der Waals surface area contributed by atoms with Gasteiger partial charge in [0, 0.05) is 0 Å². The van der Waals surface area contributed by atoms with E-state index in [0.717, 1.165) is 47.3 Å². The molecule has 6 rings (SSSR count). The zero-order chi connectivity index (χ0) is 26.5. The van der Waals surface area contributed by atoms with Crippen LogP contribution in [0.5, 0.6) is 0 Å². The second kappa shape index (κ2) is 15.0. The second-order valence-corrected chi connectivity index (χ2v) is 14.8. The predicted octanol–water partition coefficient (Wildman–Crippen LogP) is 8.51. The molecule has 8 atom stereocenters. The number of aromatic nitrogens is 2. The molecule has 39 heavy (non-hydrogen) atoms. The van der Waals surface area contributed by atoms with Crippen LogP contribution in [0.2, 0.25) is 0 Å². The molecule has 0 aromatic carbocycles. The van der Waals surface area contributed by atoms with Crippen molar-refractivity contribution in [2.75, 3.05) is 13.1 Å². The molecule has 0 radical (unpaired) electrons. The molecule has 4 aliphatic carbocycles. The van der Waals surface area contributed by atoms with Gasteiger partial charge in [0.1, 0.15) is 0 Å². The molecular formula is C34H58AuN4+. The van der Waals surface area contributed by atoms with Crippen LogP contribution in [0, 0.1) is 54.0 Å². The van der Waals surface area contributed by atoms with Crippen LogP contribution in [0.4, 0.5) is 0 Å². The summed E-state index contributed by atoms with van der Waals surface area (Å²) in [5.74, 6) is 7.48. The first-order chi connectivity index (χ1) is 18.4. The molecular weight excluding hydrogens is 661 g/mol. The van der Waals surface area contributed by atoms with Gasteiger partial charge in [-0.15, -0.1) is 0 Å². The first-order valence-corrected chi connectivity index (χ1v) is 16.5. The van der Waals surface area contributed by atoms with Gasteiger partial charge in [0.15, 0.2) is 18.7 Å². The average molecular weight is 720 g/mol. The van der Waals surface area contributed by atoms with Crippen LogP contribution in [0.1, 0.15) is 105 Å².